The van der Waals surface area contributed by atoms with E-state index in [0.717, 1.165) is 0 Å². The molecule has 0 nitrogen and oxygen atoms in total. The second kappa shape index (κ2) is 5.00. The number of rotatable bonds is 0. The molecule has 0 atom stereocenters. The zero-order valence-corrected chi connectivity index (χ0v) is 17.2. The van der Waals surface area contributed by atoms with Crippen molar-refractivity contribution in [1.82, 2.24) is 0 Å². The van der Waals surface area contributed by atoms with Crippen molar-refractivity contribution in [2.45, 2.75) is 0 Å². The summed E-state index contributed by atoms with van der Waals surface area (Å²) in [7, 11) is 0. The highest BCUT2D eigenvalue weighted by atomic mass is 14.2. The van der Waals surface area contributed by atoms with E-state index in [-0.39, 0.29) is 0 Å². The molecule has 0 radical (unpaired) electrons. The molecule has 0 saturated carbocycles. The average molecular weight is 400 g/mol. The van der Waals surface area contributed by atoms with Crippen molar-refractivity contribution >= 4 is 86.2 Å². The van der Waals surface area contributed by atoms with Crippen molar-refractivity contribution in [2.24, 2.45) is 0 Å². The highest BCUT2D eigenvalue weighted by molar-refractivity contribution is 6.49. The molecular formula is C32H16. The first-order chi connectivity index (χ1) is 15.9. The Bertz CT molecular complexity index is 2170. The molecule has 9 aromatic rings. The zero-order valence-electron chi connectivity index (χ0n) is 17.2. The highest BCUT2D eigenvalue weighted by Gasteiger charge is 2.22. The number of hydrogen-bond donors (Lipinski definition) is 0. The van der Waals surface area contributed by atoms with Gasteiger partial charge in [0.05, 0.1) is 0 Å². The van der Waals surface area contributed by atoms with Crippen LogP contribution in [0, 0.1) is 0 Å². The molecule has 32 heavy (non-hydrogen) atoms. The van der Waals surface area contributed by atoms with Crippen LogP contribution in [0.25, 0.3) is 86.2 Å². The SMILES string of the molecule is c1cc2cc3ccc4cccc5c4c3c3c2c(c1)cc1c2cccc4cccc(c42)c5c13. The largest absolute Gasteiger partial charge is 0.0610 e. The molecule has 0 aromatic heterocycles. The maximum absolute atomic E-state index is 2.44. The molecule has 0 heterocycles. The Morgan fingerprint density at radius 1 is 0.250 bits per heavy atom. The summed E-state index contributed by atoms with van der Waals surface area (Å²) in [5.41, 5.74) is 0. The number of hydrogen-bond acceptors (Lipinski definition) is 0. The van der Waals surface area contributed by atoms with Crippen molar-refractivity contribution < 1.29 is 0 Å². The monoisotopic (exact) mass is 400 g/mol. The minimum atomic E-state index is 1.32. The lowest BCUT2D eigenvalue weighted by Gasteiger charge is -2.22. The normalized spacial score (nSPS) is 13.0. The molecule has 144 valence electrons. The van der Waals surface area contributed by atoms with Gasteiger partial charge in [0, 0.05) is 0 Å². The van der Waals surface area contributed by atoms with Gasteiger partial charge in [0.15, 0.2) is 0 Å². The molecular weight excluding hydrogens is 384 g/mol. The van der Waals surface area contributed by atoms with E-state index in [2.05, 4.69) is 97.1 Å². The fraction of sp³-hybridized carbons (Fsp3) is 0. The second-order valence-corrected chi connectivity index (χ2v) is 9.28. The number of fused-ring (bicyclic) bond motifs is 3. The van der Waals surface area contributed by atoms with E-state index in [1.54, 1.807) is 0 Å². The van der Waals surface area contributed by atoms with Crippen LogP contribution >= 0.6 is 0 Å². The van der Waals surface area contributed by atoms with Gasteiger partial charge in [-0.3, -0.25) is 0 Å². The zero-order chi connectivity index (χ0) is 20.6. The Morgan fingerprint density at radius 3 is 1.62 bits per heavy atom. The lowest BCUT2D eigenvalue weighted by Crippen LogP contribution is -1.94. The van der Waals surface area contributed by atoms with Crippen molar-refractivity contribution in [3.05, 3.63) is 97.1 Å². The predicted octanol–water partition coefficient (Wildman–Crippen LogP) is 9.23. The molecule has 0 aliphatic rings. The summed E-state index contributed by atoms with van der Waals surface area (Å²) in [5.74, 6) is 0. The van der Waals surface area contributed by atoms with E-state index < -0.39 is 0 Å². The van der Waals surface area contributed by atoms with E-state index in [1.807, 2.05) is 0 Å². The smallest absolute Gasteiger partial charge is 0.000159 e. The van der Waals surface area contributed by atoms with E-state index >= 15 is 0 Å². The van der Waals surface area contributed by atoms with E-state index in [1.165, 1.54) is 86.2 Å². The molecule has 0 unspecified atom stereocenters. The van der Waals surface area contributed by atoms with Gasteiger partial charge in [-0.25, -0.2) is 0 Å². The Labute approximate surface area is 183 Å². The Balaban J connectivity index is 1.85. The van der Waals surface area contributed by atoms with Gasteiger partial charge in [-0.15, -0.1) is 0 Å². The van der Waals surface area contributed by atoms with Gasteiger partial charge in [0.2, 0.25) is 0 Å². The van der Waals surface area contributed by atoms with Crippen LogP contribution in [0.3, 0.4) is 0 Å². The molecule has 0 aliphatic heterocycles. The summed E-state index contributed by atoms with van der Waals surface area (Å²) in [6.07, 6.45) is 0. The van der Waals surface area contributed by atoms with Gasteiger partial charge in [-0.05, 0) is 98.3 Å². The van der Waals surface area contributed by atoms with Gasteiger partial charge in [0.1, 0.15) is 0 Å². The van der Waals surface area contributed by atoms with Crippen LogP contribution in [0.4, 0.5) is 0 Å². The summed E-state index contributed by atoms with van der Waals surface area (Å²) in [6.45, 7) is 0. The lowest BCUT2D eigenvalue weighted by molar-refractivity contribution is 1.80. The molecule has 0 aliphatic carbocycles. The van der Waals surface area contributed by atoms with Crippen molar-refractivity contribution in [2.75, 3.05) is 0 Å². The van der Waals surface area contributed by atoms with Gasteiger partial charge in [0.25, 0.3) is 0 Å². The van der Waals surface area contributed by atoms with Gasteiger partial charge >= 0.3 is 0 Å². The standard InChI is InChI=1S/C32H16/c1-8-19-15-21-14-13-18-7-4-12-24-28(18)29(21)32-26(19)20(9-1)16-25-22-10-2-5-17-6-3-11-23(27(17)22)30(24)31(25)32/h1-16H. The van der Waals surface area contributed by atoms with Gasteiger partial charge in [-0.2, -0.15) is 0 Å². The quantitative estimate of drug-likeness (QED) is 0.176. The van der Waals surface area contributed by atoms with E-state index in [4.69, 9.17) is 0 Å². The lowest BCUT2D eigenvalue weighted by atomic mass is 9.80. The molecule has 9 aromatic carbocycles. The van der Waals surface area contributed by atoms with Gasteiger partial charge < -0.3 is 0 Å². The molecule has 0 bridgehead atoms. The summed E-state index contributed by atoms with van der Waals surface area (Å²) in [6, 6.07) is 36.6. The van der Waals surface area contributed by atoms with Crippen LogP contribution in [-0.4, -0.2) is 0 Å². The van der Waals surface area contributed by atoms with Crippen molar-refractivity contribution in [3.63, 3.8) is 0 Å². The van der Waals surface area contributed by atoms with Crippen LogP contribution in [0.15, 0.2) is 97.1 Å². The minimum Gasteiger partial charge on any atom is -0.0610 e. The Morgan fingerprint density at radius 2 is 0.812 bits per heavy atom. The van der Waals surface area contributed by atoms with E-state index in [0.29, 0.717) is 0 Å². The second-order valence-electron chi connectivity index (χ2n) is 9.28. The molecule has 0 amide bonds. The third kappa shape index (κ3) is 1.57. The first-order valence-electron chi connectivity index (χ1n) is 11.3. The van der Waals surface area contributed by atoms with Crippen molar-refractivity contribution in [1.29, 1.82) is 0 Å². The van der Waals surface area contributed by atoms with Crippen LogP contribution in [0.5, 0.6) is 0 Å². The van der Waals surface area contributed by atoms with Crippen LogP contribution in [0.1, 0.15) is 0 Å². The van der Waals surface area contributed by atoms with Crippen LogP contribution < -0.4 is 0 Å². The van der Waals surface area contributed by atoms with Crippen molar-refractivity contribution in [3.8, 4) is 0 Å². The molecule has 0 fully saturated rings. The first kappa shape index (κ1) is 15.6. The fourth-order valence-electron chi connectivity index (χ4n) is 6.68. The maximum atomic E-state index is 2.44. The summed E-state index contributed by atoms with van der Waals surface area (Å²) in [5, 5.41) is 22.1. The summed E-state index contributed by atoms with van der Waals surface area (Å²) < 4.78 is 0. The molecule has 9 rings (SSSR count). The maximum Gasteiger partial charge on any atom is -0.000159 e. The Hall–Kier alpha value is -4.16. The minimum absolute atomic E-state index is 1.32. The van der Waals surface area contributed by atoms with Gasteiger partial charge in [-0.1, -0.05) is 84.9 Å². The molecule has 0 N–H and O–H groups in total. The molecule has 0 spiro atoms. The third-order valence-electron chi connectivity index (χ3n) is 7.82. The third-order valence-corrected chi connectivity index (χ3v) is 7.82. The topological polar surface area (TPSA) is 0 Å². The first-order valence-corrected chi connectivity index (χ1v) is 11.3. The fourth-order valence-corrected chi connectivity index (χ4v) is 6.68. The Kier molecular flexibility index (Phi) is 2.44. The average Bonchev–Trinajstić information content (AvgIpc) is 2.84. The highest BCUT2D eigenvalue weighted by Crippen LogP contribution is 2.51. The van der Waals surface area contributed by atoms with E-state index in [9.17, 15) is 0 Å². The van der Waals surface area contributed by atoms with Crippen LogP contribution in [-0.2, 0) is 0 Å². The molecule has 0 heteroatoms. The predicted molar refractivity (Wildman–Crippen MR) is 140 cm³/mol. The summed E-state index contributed by atoms with van der Waals surface area (Å²) >= 11 is 0. The molecule has 0 saturated heterocycles. The number of benzene rings is 9. The van der Waals surface area contributed by atoms with Crippen LogP contribution in [0.2, 0.25) is 0 Å². The summed E-state index contributed by atoms with van der Waals surface area (Å²) in [4.78, 5) is 0.